The maximum absolute atomic E-state index is 14.8. The van der Waals surface area contributed by atoms with Crippen LogP contribution in [0.4, 0.5) is 16.2 Å². The van der Waals surface area contributed by atoms with Crippen LogP contribution < -0.4 is 14.5 Å². The molecular weight excluding hydrogens is 523 g/mol. The summed E-state index contributed by atoms with van der Waals surface area (Å²) >= 11 is 0. The predicted octanol–water partition coefficient (Wildman–Crippen LogP) is 3.10. The number of piperidine rings is 1. The summed E-state index contributed by atoms with van der Waals surface area (Å²) in [7, 11) is -3.54. The summed E-state index contributed by atoms with van der Waals surface area (Å²) in [6.07, 6.45) is 9.67. The van der Waals surface area contributed by atoms with Gasteiger partial charge in [-0.2, -0.15) is 10.1 Å². The van der Waals surface area contributed by atoms with E-state index in [1.54, 1.807) is 0 Å². The molecule has 2 aliphatic heterocycles. The van der Waals surface area contributed by atoms with Gasteiger partial charge < -0.3 is 14.5 Å². The molecule has 2 saturated heterocycles. The van der Waals surface area contributed by atoms with Crippen molar-refractivity contribution in [1.82, 2.24) is 29.7 Å². The minimum Gasteiger partial charge on any atom is -0.474 e. The molecule has 4 aromatic rings. The number of sulfone groups is 1. The van der Waals surface area contributed by atoms with E-state index in [2.05, 4.69) is 36.8 Å². The highest BCUT2D eigenvalue weighted by atomic mass is 32.2. The number of hydrogen-bond acceptors (Lipinski definition) is 10. The lowest BCUT2D eigenvalue weighted by atomic mass is 10.1. The highest BCUT2D eigenvalue weighted by molar-refractivity contribution is 7.90. The average Bonchev–Trinajstić information content (AvgIpc) is 3.60. The molecule has 0 atom stereocenters. The van der Waals surface area contributed by atoms with Crippen molar-refractivity contribution in [3.63, 3.8) is 0 Å². The number of hydrogen-bond donors (Lipinski definition) is 0. The normalized spacial score (nSPS) is 16.8. The monoisotopic (exact) mass is 552 g/mol. The third kappa shape index (κ3) is 4.98. The number of rotatable bonds is 6. The van der Waals surface area contributed by atoms with Crippen molar-refractivity contribution in [3.05, 3.63) is 48.3 Å². The van der Waals surface area contributed by atoms with E-state index < -0.39 is 15.7 Å². The Labute approximate surface area is 225 Å². The van der Waals surface area contributed by atoms with Gasteiger partial charge in [0.15, 0.2) is 15.5 Å². The van der Waals surface area contributed by atoms with Gasteiger partial charge in [-0.15, -0.1) is 0 Å². The van der Waals surface area contributed by atoms with Crippen LogP contribution in [0.2, 0.25) is 0 Å². The summed E-state index contributed by atoms with van der Waals surface area (Å²) in [6.45, 7) is 5.63. The molecule has 0 radical (unpaired) electrons. The Kier molecular flexibility index (Phi) is 6.53. The van der Waals surface area contributed by atoms with Gasteiger partial charge in [0.1, 0.15) is 35.1 Å². The van der Waals surface area contributed by atoms with Crippen LogP contribution in [0.5, 0.6) is 5.88 Å². The van der Waals surface area contributed by atoms with E-state index in [0.717, 1.165) is 68.7 Å². The van der Waals surface area contributed by atoms with Gasteiger partial charge in [-0.05, 0) is 38.0 Å². The summed E-state index contributed by atoms with van der Waals surface area (Å²) < 4.78 is 46.0. The van der Waals surface area contributed by atoms with Gasteiger partial charge in [-0.25, -0.2) is 32.4 Å². The summed E-state index contributed by atoms with van der Waals surface area (Å²) in [5.41, 5.74) is 1.55. The van der Waals surface area contributed by atoms with Crippen molar-refractivity contribution in [2.24, 2.45) is 0 Å². The van der Waals surface area contributed by atoms with E-state index in [0.29, 0.717) is 16.9 Å². The molecule has 0 bridgehead atoms. The Hall–Kier alpha value is -3.87. The third-order valence-corrected chi connectivity index (χ3v) is 8.36. The number of aromatic nitrogens is 6. The molecule has 0 N–H and O–H groups in total. The summed E-state index contributed by atoms with van der Waals surface area (Å²) in [4.78, 5) is 22.5. The molecule has 204 valence electrons. The molecule has 6 rings (SSSR count). The molecule has 0 spiro atoms. The van der Waals surface area contributed by atoms with Crippen molar-refractivity contribution < 1.29 is 17.5 Å². The Bertz CT molecular complexity index is 1630. The first kappa shape index (κ1) is 25.4. The Morgan fingerprint density at radius 2 is 1.77 bits per heavy atom. The van der Waals surface area contributed by atoms with Crippen molar-refractivity contribution in [3.8, 4) is 11.6 Å². The first-order chi connectivity index (χ1) is 18.8. The fourth-order valence-electron chi connectivity index (χ4n) is 5.14. The predicted molar refractivity (Wildman–Crippen MR) is 144 cm³/mol. The Balaban J connectivity index is 1.17. The van der Waals surface area contributed by atoms with E-state index in [4.69, 9.17) is 9.72 Å². The van der Waals surface area contributed by atoms with E-state index in [9.17, 15) is 12.8 Å². The van der Waals surface area contributed by atoms with Crippen LogP contribution in [0.15, 0.2) is 41.8 Å². The molecule has 0 unspecified atom stereocenters. The SMILES string of the molecule is Cc1cnc(N2CCC(Oc3ncnc4c3cnn4-c3ccc(S(C)(=O)=O)cc3F)CC2)nc1N1CCCC1. The van der Waals surface area contributed by atoms with Crippen LogP contribution in [0, 0.1) is 12.7 Å². The van der Waals surface area contributed by atoms with Gasteiger partial charge in [0.25, 0.3) is 0 Å². The smallest absolute Gasteiger partial charge is 0.228 e. The molecule has 2 fully saturated rings. The zero-order chi connectivity index (χ0) is 27.1. The lowest BCUT2D eigenvalue weighted by Crippen LogP contribution is -2.39. The van der Waals surface area contributed by atoms with Gasteiger partial charge in [0, 0.05) is 57.0 Å². The zero-order valence-electron chi connectivity index (χ0n) is 21.8. The van der Waals surface area contributed by atoms with Gasteiger partial charge in [0.05, 0.1) is 11.1 Å². The number of anilines is 2. The van der Waals surface area contributed by atoms with E-state index in [1.807, 2.05) is 6.20 Å². The fourth-order valence-corrected chi connectivity index (χ4v) is 5.77. The molecule has 0 aliphatic carbocycles. The number of ether oxygens (including phenoxy) is 1. The number of halogens is 1. The molecule has 0 saturated carbocycles. The second-order valence-electron chi connectivity index (χ2n) is 10.0. The number of fused-ring (bicyclic) bond motifs is 1. The van der Waals surface area contributed by atoms with Gasteiger partial charge in [-0.3, -0.25) is 0 Å². The number of aryl methyl sites for hydroxylation is 1. The maximum Gasteiger partial charge on any atom is 0.228 e. The zero-order valence-corrected chi connectivity index (χ0v) is 22.6. The molecule has 11 nitrogen and oxygen atoms in total. The Morgan fingerprint density at radius 1 is 1.00 bits per heavy atom. The molecular formula is C26H29FN8O3S. The van der Waals surface area contributed by atoms with Crippen molar-refractivity contribution >= 4 is 32.6 Å². The molecule has 3 aromatic heterocycles. The number of benzene rings is 1. The van der Waals surface area contributed by atoms with Gasteiger partial charge in [0.2, 0.25) is 11.8 Å². The topological polar surface area (TPSA) is 119 Å². The molecule has 1 aromatic carbocycles. The van der Waals surface area contributed by atoms with Crippen LogP contribution in [0.25, 0.3) is 16.7 Å². The van der Waals surface area contributed by atoms with Crippen LogP contribution in [0.3, 0.4) is 0 Å². The first-order valence-electron chi connectivity index (χ1n) is 13.0. The molecule has 2 aliphatic rings. The average molecular weight is 553 g/mol. The fraction of sp³-hybridized carbons (Fsp3) is 0.423. The first-order valence-corrected chi connectivity index (χ1v) is 14.9. The lowest BCUT2D eigenvalue weighted by molar-refractivity contribution is 0.166. The molecule has 0 amide bonds. The highest BCUT2D eigenvalue weighted by Gasteiger charge is 2.26. The largest absolute Gasteiger partial charge is 0.474 e. The van der Waals surface area contributed by atoms with Crippen molar-refractivity contribution in [2.75, 3.05) is 42.2 Å². The standard InChI is InChI=1S/C26H29FN8O3S/c1-17-14-28-26(32-23(17)33-9-3-4-10-33)34-11-7-18(8-12-34)38-25-20-15-31-35(24(20)29-16-30-25)22-6-5-19(13-21(22)27)39(2,36)37/h5-6,13-16,18H,3-4,7-12H2,1-2H3. The van der Waals surface area contributed by atoms with Crippen LogP contribution in [0.1, 0.15) is 31.2 Å². The summed E-state index contributed by atoms with van der Waals surface area (Å²) in [5, 5.41) is 4.83. The summed E-state index contributed by atoms with van der Waals surface area (Å²) in [5.74, 6) is 1.43. The second kappa shape index (κ2) is 10.0. The van der Waals surface area contributed by atoms with Crippen molar-refractivity contribution in [1.29, 1.82) is 0 Å². The lowest BCUT2D eigenvalue weighted by Gasteiger charge is -2.32. The minimum atomic E-state index is -3.54. The summed E-state index contributed by atoms with van der Waals surface area (Å²) in [6, 6.07) is 3.70. The molecule has 13 heteroatoms. The van der Waals surface area contributed by atoms with E-state index in [-0.39, 0.29) is 16.7 Å². The molecule has 5 heterocycles. The second-order valence-corrected chi connectivity index (χ2v) is 12.0. The quantitative estimate of drug-likeness (QED) is 0.353. The Morgan fingerprint density at radius 3 is 2.49 bits per heavy atom. The van der Waals surface area contributed by atoms with Crippen molar-refractivity contribution in [2.45, 2.75) is 43.6 Å². The van der Waals surface area contributed by atoms with Gasteiger partial charge in [-0.1, -0.05) is 0 Å². The van der Waals surface area contributed by atoms with E-state index in [1.165, 1.54) is 42.2 Å². The van der Waals surface area contributed by atoms with Crippen LogP contribution in [-0.2, 0) is 9.84 Å². The third-order valence-electron chi connectivity index (χ3n) is 7.25. The van der Waals surface area contributed by atoms with E-state index >= 15 is 0 Å². The van der Waals surface area contributed by atoms with Crippen LogP contribution >= 0.6 is 0 Å². The van der Waals surface area contributed by atoms with Gasteiger partial charge >= 0.3 is 0 Å². The molecule has 39 heavy (non-hydrogen) atoms. The minimum absolute atomic E-state index is 0.0722. The maximum atomic E-state index is 14.8. The number of nitrogens with zero attached hydrogens (tertiary/aromatic N) is 8. The van der Waals surface area contributed by atoms with Crippen LogP contribution in [-0.4, -0.2) is 76.7 Å². The highest BCUT2D eigenvalue weighted by Crippen LogP contribution is 2.29.